The van der Waals surface area contributed by atoms with E-state index in [2.05, 4.69) is 12.2 Å². The Bertz CT molecular complexity index is 624. The standard InChI is InChI=1S/C17H25NO4S/c1-3-23(20,21)15-10-8-14(9-11-15)18-17(19)12-22-16-7-5-4-6-13(16)2/h8-11,13,16H,3-7,12H2,1-2H3,(H,18,19). The summed E-state index contributed by atoms with van der Waals surface area (Å²) in [5, 5.41) is 2.73. The molecule has 2 atom stereocenters. The Morgan fingerprint density at radius 1 is 1.22 bits per heavy atom. The molecule has 1 aliphatic carbocycles. The lowest BCUT2D eigenvalue weighted by Gasteiger charge is -2.28. The van der Waals surface area contributed by atoms with E-state index >= 15 is 0 Å². The van der Waals surface area contributed by atoms with Crippen LogP contribution in [0.5, 0.6) is 0 Å². The summed E-state index contributed by atoms with van der Waals surface area (Å²) in [7, 11) is -3.21. The average molecular weight is 339 g/mol. The fourth-order valence-corrected chi connectivity index (χ4v) is 3.71. The van der Waals surface area contributed by atoms with Gasteiger partial charge in [0.2, 0.25) is 5.91 Å². The van der Waals surface area contributed by atoms with Gasteiger partial charge in [0.1, 0.15) is 6.61 Å². The number of sulfone groups is 1. The molecule has 1 aromatic rings. The Morgan fingerprint density at radius 3 is 2.48 bits per heavy atom. The van der Waals surface area contributed by atoms with Gasteiger partial charge in [0.25, 0.3) is 0 Å². The molecule has 2 rings (SSSR count). The third-order valence-electron chi connectivity index (χ3n) is 4.34. The number of nitrogens with one attached hydrogen (secondary N) is 1. The number of hydrogen-bond donors (Lipinski definition) is 1. The van der Waals surface area contributed by atoms with Crippen molar-refractivity contribution < 1.29 is 17.9 Å². The summed E-state index contributed by atoms with van der Waals surface area (Å²) >= 11 is 0. The Hall–Kier alpha value is -1.40. The number of ether oxygens (including phenoxy) is 1. The number of carbonyl (C=O) groups excluding carboxylic acids is 1. The van der Waals surface area contributed by atoms with Gasteiger partial charge in [-0.3, -0.25) is 4.79 Å². The quantitative estimate of drug-likeness (QED) is 0.865. The normalized spacial score (nSPS) is 21.8. The van der Waals surface area contributed by atoms with Gasteiger partial charge in [-0.15, -0.1) is 0 Å². The largest absolute Gasteiger partial charge is 0.368 e. The number of anilines is 1. The van der Waals surface area contributed by atoms with E-state index in [1.807, 2.05) is 0 Å². The van der Waals surface area contributed by atoms with Gasteiger partial charge >= 0.3 is 0 Å². The Kier molecular flexibility index (Phi) is 6.18. The van der Waals surface area contributed by atoms with Crippen LogP contribution < -0.4 is 5.32 Å². The Labute approximate surface area is 138 Å². The van der Waals surface area contributed by atoms with Crippen molar-refractivity contribution in [2.45, 2.75) is 50.5 Å². The molecule has 128 valence electrons. The minimum Gasteiger partial charge on any atom is -0.368 e. The van der Waals surface area contributed by atoms with Crippen molar-refractivity contribution in [3.05, 3.63) is 24.3 Å². The molecule has 0 bridgehead atoms. The molecule has 23 heavy (non-hydrogen) atoms. The second-order valence-electron chi connectivity index (χ2n) is 6.09. The first-order valence-electron chi connectivity index (χ1n) is 8.16. The monoisotopic (exact) mass is 339 g/mol. The van der Waals surface area contributed by atoms with Crippen LogP contribution in [0.15, 0.2) is 29.2 Å². The lowest BCUT2D eigenvalue weighted by molar-refractivity contribution is -0.124. The molecule has 0 aliphatic heterocycles. The minimum absolute atomic E-state index is 0.0318. The molecular formula is C17H25NO4S. The maximum Gasteiger partial charge on any atom is 0.250 e. The molecule has 1 saturated carbocycles. The molecule has 5 nitrogen and oxygen atoms in total. The van der Waals surface area contributed by atoms with Crippen LogP contribution in [-0.2, 0) is 19.4 Å². The van der Waals surface area contributed by atoms with E-state index in [0.29, 0.717) is 11.6 Å². The highest BCUT2D eigenvalue weighted by Gasteiger charge is 2.22. The predicted octanol–water partition coefficient (Wildman–Crippen LogP) is 3.01. The van der Waals surface area contributed by atoms with E-state index in [-0.39, 0.29) is 29.3 Å². The minimum atomic E-state index is -3.21. The zero-order valence-electron chi connectivity index (χ0n) is 13.7. The molecule has 0 saturated heterocycles. The van der Waals surface area contributed by atoms with Crippen LogP contribution >= 0.6 is 0 Å². The molecule has 0 spiro atoms. The summed E-state index contributed by atoms with van der Waals surface area (Å²) in [6.07, 6.45) is 4.72. The Balaban J connectivity index is 1.85. The molecule has 0 aromatic heterocycles. The molecule has 1 fully saturated rings. The van der Waals surface area contributed by atoms with Crippen molar-refractivity contribution in [1.82, 2.24) is 0 Å². The van der Waals surface area contributed by atoms with Crippen LogP contribution in [0.3, 0.4) is 0 Å². The first-order chi connectivity index (χ1) is 10.9. The lowest BCUT2D eigenvalue weighted by Crippen LogP contribution is -2.29. The van der Waals surface area contributed by atoms with Crippen molar-refractivity contribution in [1.29, 1.82) is 0 Å². The van der Waals surface area contributed by atoms with Crippen LogP contribution in [0, 0.1) is 5.92 Å². The average Bonchev–Trinajstić information content (AvgIpc) is 2.54. The van der Waals surface area contributed by atoms with E-state index in [1.165, 1.54) is 18.6 Å². The maximum absolute atomic E-state index is 11.9. The molecule has 1 aliphatic rings. The highest BCUT2D eigenvalue weighted by Crippen LogP contribution is 2.26. The molecule has 1 N–H and O–H groups in total. The van der Waals surface area contributed by atoms with Gasteiger partial charge in [0, 0.05) is 5.69 Å². The van der Waals surface area contributed by atoms with E-state index in [1.54, 1.807) is 19.1 Å². The van der Waals surface area contributed by atoms with Gasteiger partial charge in [-0.05, 0) is 43.0 Å². The number of rotatable bonds is 6. The molecule has 0 radical (unpaired) electrons. The molecule has 2 unspecified atom stereocenters. The molecular weight excluding hydrogens is 314 g/mol. The summed E-state index contributed by atoms with van der Waals surface area (Å²) in [4.78, 5) is 12.2. The van der Waals surface area contributed by atoms with Gasteiger partial charge in [0.15, 0.2) is 9.84 Å². The first kappa shape index (κ1) is 17.9. The van der Waals surface area contributed by atoms with Gasteiger partial charge in [0.05, 0.1) is 16.8 Å². The third-order valence-corrected chi connectivity index (χ3v) is 6.09. The summed E-state index contributed by atoms with van der Waals surface area (Å²) in [5.74, 6) is 0.343. The van der Waals surface area contributed by atoms with E-state index in [4.69, 9.17) is 4.74 Å². The highest BCUT2D eigenvalue weighted by molar-refractivity contribution is 7.91. The van der Waals surface area contributed by atoms with Crippen molar-refractivity contribution >= 4 is 21.4 Å². The zero-order chi connectivity index (χ0) is 16.9. The van der Waals surface area contributed by atoms with E-state index in [0.717, 1.165) is 19.3 Å². The number of benzene rings is 1. The van der Waals surface area contributed by atoms with Crippen molar-refractivity contribution in [2.75, 3.05) is 17.7 Å². The fourth-order valence-electron chi connectivity index (χ4n) is 2.82. The van der Waals surface area contributed by atoms with Crippen LogP contribution in [-0.4, -0.2) is 32.8 Å². The van der Waals surface area contributed by atoms with Crippen molar-refractivity contribution in [3.63, 3.8) is 0 Å². The highest BCUT2D eigenvalue weighted by atomic mass is 32.2. The van der Waals surface area contributed by atoms with Crippen LogP contribution in [0.1, 0.15) is 39.5 Å². The number of hydrogen-bond acceptors (Lipinski definition) is 4. The van der Waals surface area contributed by atoms with Crippen molar-refractivity contribution in [3.8, 4) is 0 Å². The third kappa shape index (κ3) is 5.04. The predicted molar refractivity (Wildman–Crippen MR) is 90.2 cm³/mol. The Morgan fingerprint density at radius 2 is 1.87 bits per heavy atom. The van der Waals surface area contributed by atoms with Crippen molar-refractivity contribution in [2.24, 2.45) is 5.92 Å². The summed E-state index contributed by atoms with van der Waals surface area (Å²) < 4.78 is 29.2. The van der Waals surface area contributed by atoms with Crippen LogP contribution in [0.25, 0.3) is 0 Å². The van der Waals surface area contributed by atoms with Gasteiger partial charge < -0.3 is 10.1 Å². The van der Waals surface area contributed by atoms with Gasteiger partial charge in [-0.1, -0.05) is 26.7 Å². The second kappa shape index (κ2) is 7.93. The molecule has 6 heteroatoms. The molecule has 1 aromatic carbocycles. The first-order valence-corrected chi connectivity index (χ1v) is 9.82. The smallest absolute Gasteiger partial charge is 0.250 e. The molecule has 1 amide bonds. The summed E-state index contributed by atoms with van der Waals surface area (Å²) in [5.41, 5.74) is 0.574. The van der Waals surface area contributed by atoms with Gasteiger partial charge in [-0.2, -0.15) is 0 Å². The topological polar surface area (TPSA) is 72.5 Å². The maximum atomic E-state index is 11.9. The SMILES string of the molecule is CCS(=O)(=O)c1ccc(NC(=O)COC2CCCCC2C)cc1. The van der Waals surface area contributed by atoms with Crippen LogP contribution in [0.4, 0.5) is 5.69 Å². The summed E-state index contributed by atoms with van der Waals surface area (Å²) in [6.45, 7) is 3.80. The number of amides is 1. The second-order valence-corrected chi connectivity index (χ2v) is 8.37. The fraction of sp³-hybridized carbons (Fsp3) is 0.588. The van der Waals surface area contributed by atoms with E-state index < -0.39 is 9.84 Å². The van der Waals surface area contributed by atoms with Crippen LogP contribution in [0.2, 0.25) is 0 Å². The number of carbonyl (C=O) groups is 1. The zero-order valence-corrected chi connectivity index (χ0v) is 14.6. The summed E-state index contributed by atoms with van der Waals surface area (Å²) in [6, 6.07) is 6.23. The molecule has 0 heterocycles. The van der Waals surface area contributed by atoms with Gasteiger partial charge in [-0.25, -0.2) is 8.42 Å². The lowest BCUT2D eigenvalue weighted by atomic mass is 9.88. The van der Waals surface area contributed by atoms with E-state index in [9.17, 15) is 13.2 Å².